The second-order valence-electron chi connectivity index (χ2n) is 4.28. The Morgan fingerprint density at radius 3 is 2.94 bits per heavy atom. The fourth-order valence-corrected chi connectivity index (χ4v) is 1.64. The average molecular weight is 248 g/mol. The summed E-state index contributed by atoms with van der Waals surface area (Å²) in [6.07, 6.45) is 5.98. The number of hydrogen-bond donors (Lipinski definition) is 1. The molecule has 0 saturated heterocycles. The van der Waals surface area contributed by atoms with Crippen molar-refractivity contribution in [2.75, 3.05) is 0 Å². The maximum Gasteiger partial charge on any atom is 0.356 e. The van der Waals surface area contributed by atoms with Gasteiger partial charge in [-0.05, 0) is 19.4 Å². The first-order chi connectivity index (χ1) is 8.60. The summed E-state index contributed by atoms with van der Waals surface area (Å²) in [4.78, 5) is 14.5. The molecule has 1 N–H and O–H groups in total. The van der Waals surface area contributed by atoms with Gasteiger partial charge in [-0.25, -0.2) is 9.78 Å². The Hall–Kier alpha value is -2.11. The Morgan fingerprint density at radius 1 is 1.56 bits per heavy atom. The van der Waals surface area contributed by atoms with Crippen LogP contribution in [0.4, 0.5) is 0 Å². The van der Waals surface area contributed by atoms with Crippen molar-refractivity contribution in [3.05, 3.63) is 36.2 Å². The molecule has 6 heteroatoms. The minimum Gasteiger partial charge on any atom is -0.476 e. The van der Waals surface area contributed by atoms with E-state index in [0.717, 1.165) is 12.1 Å². The molecule has 0 bridgehead atoms. The molecule has 2 heterocycles. The molecule has 0 spiro atoms. The van der Waals surface area contributed by atoms with E-state index in [9.17, 15) is 4.79 Å². The molecular formula is C12H16N4O2. The van der Waals surface area contributed by atoms with Gasteiger partial charge < -0.3 is 9.67 Å². The Kier molecular flexibility index (Phi) is 3.45. The second-order valence-corrected chi connectivity index (χ2v) is 4.28. The van der Waals surface area contributed by atoms with E-state index in [-0.39, 0.29) is 5.69 Å². The fraction of sp³-hybridized carbons (Fsp3) is 0.417. The zero-order valence-corrected chi connectivity index (χ0v) is 10.4. The van der Waals surface area contributed by atoms with Gasteiger partial charge in [0.15, 0.2) is 5.69 Å². The lowest BCUT2D eigenvalue weighted by Gasteiger charge is -2.08. The number of nitrogens with zero attached hydrogens (tertiary/aromatic N) is 4. The first-order valence-electron chi connectivity index (χ1n) is 5.89. The van der Waals surface area contributed by atoms with Crippen LogP contribution in [0.3, 0.4) is 0 Å². The number of aromatic nitrogens is 4. The molecule has 0 radical (unpaired) electrons. The summed E-state index contributed by atoms with van der Waals surface area (Å²) in [7, 11) is 0. The van der Waals surface area contributed by atoms with Gasteiger partial charge in [-0.1, -0.05) is 6.92 Å². The molecule has 18 heavy (non-hydrogen) atoms. The summed E-state index contributed by atoms with van der Waals surface area (Å²) < 4.78 is 3.64. The molecule has 2 rings (SSSR count). The molecule has 2 aromatic rings. The van der Waals surface area contributed by atoms with Crippen LogP contribution in [0.15, 0.2) is 24.8 Å². The highest BCUT2D eigenvalue weighted by molar-refractivity contribution is 5.84. The van der Waals surface area contributed by atoms with Gasteiger partial charge in [-0.15, -0.1) is 0 Å². The third kappa shape index (κ3) is 2.58. The van der Waals surface area contributed by atoms with Gasteiger partial charge in [0.1, 0.15) is 0 Å². The van der Waals surface area contributed by atoms with E-state index in [4.69, 9.17) is 5.11 Å². The van der Waals surface area contributed by atoms with E-state index in [2.05, 4.69) is 23.9 Å². The lowest BCUT2D eigenvalue weighted by atomic mass is 10.3. The van der Waals surface area contributed by atoms with Crippen molar-refractivity contribution < 1.29 is 9.90 Å². The number of hydrogen-bond acceptors (Lipinski definition) is 3. The molecule has 1 unspecified atom stereocenters. The zero-order chi connectivity index (χ0) is 13.1. The maximum absolute atomic E-state index is 10.7. The van der Waals surface area contributed by atoms with Crippen LogP contribution in [0.2, 0.25) is 0 Å². The van der Waals surface area contributed by atoms with Gasteiger partial charge in [0.25, 0.3) is 0 Å². The highest BCUT2D eigenvalue weighted by Crippen LogP contribution is 2.10. The molecular weight excluding hydrogens is 232 g/mol. The highest BCUT2D eigenvalue weighted by atomic mass is 16.4. The van der Waals surface area contributed by atoms with Crippen molar-refractivity contribution in [1.29, 1.82) is 0 Å². The van der Waals surface area contributed by atoms with Crippen LogP contribution in [-0.4, -0.2) is 30.4 Å². The van der Waals surface area contributed by atoms with Crippen LogP contribution in [0.5, 0.6) is 0 Å². The molecule has 96 valence electrons. The summed E-state index contributed by atoms with van der Waals surface area (Å²) in [5.74, 6) is -1.01. The summed E-state index contributed by atoms with van der Waals surface area (Å²) >= 11 is 0. The molecule has 0 aliphatic carbocycles. The van der Waals surface area contributed by atoms with Crippen LogP contribution in [0.25, 0.3) is 0 Å². The van der Waals surface area contributed by atoms with E-state index in [1.807, 2.05) is 16.9 Å². The van der Waals surface area contributed by atoms with Crippen molar-refractivity contribution in [2.24, 2.45) is 0 Å². The molecule has 0 saturated carbocycles. The molecule has 0 fully saturated rings. The molecule has 0 amide bonds. The van der Waals surface area contributed by atoms with Crippen LogP contribution < -0.4 is 0 Å². The lowest BCUT2D eigenvalue weighted by Crippen LogP contribution is -2.06. The minimum atomic E-state index is -1.01. The SMILES string of the molecule is CCC(C)n1ccc(Cn2cnc(C(=O)O)c2)n1. The summed E-state index contributed by atoms with van der Waals surface area (Å²) in [5, 5.41) is 13.2. The second kappa shape index (κ2) is 5.03. The zero-order valence-electron chi connectivity index (χ0n) is 10.4. The van der Waals surface area contributed by atoms with Crippen molar-refractivity contribution in [3.63, 3.8) is 0 Å². The van der Waals surface area contributed by atoms with E-state index in [1.54, 1.807) is 4.57 Å². The molecule has 2 aromatic heterocycles. The van der Waals surface area contributed by atoms with E-state index >= 15 is 0 Å². The molecule has 6 nitrogen and oxygen atoms in total. The van der Waals surface area contributed by atoms with Crippen molar-refractivity contribution >= 4 is 5.97 Å². The standard InChI is InChI=1S/C12H16N4O2/c1-3-9(2)16-5-4-10(14-16)6-15-7-11(12(17)18)13-8-15/h4-5,7-9H,3,6H2,1-2H3,(H,17,18). The number of aromatic carboxylic acids is 1. The van der Waals surface area contributed by atoms with Crippen molar-refractivity contribution in [2.45, 2.75) is 32.9 Å². The maximum atomic E-state index is 10.7. The van der Waals surface area contributed by atoms with E-state index in [0.29, 0.717) is 12.6 Å². The minimum absolute atomic E-state index is 0.0522. The number of imidazole rings is 1. The third-order valence-corrected chi connectivity index (χ3v) is 2.90. The van der Waals surface area contributed by atoms with Gasteiger partial charge in [-0.3, -0.25) is 4.68 Å². The van der Waals surface area contributed by atoms with Gasteiger partial charge in [0, 0.05) is 18.4 Å². The summed E-state index contributed by atoms with van der Waals surface area (Å²) in [5.41, 5.74) is 0.945. The van der Waals surface area contributed by atoms with Crippen LogP contribution >= 0.6 is 0 Å². The predicted molar refractivity (Wildman–Crippen MR) is 65.5 cm³/mol. The number of carboxylic acid groups (broad SMARTS) is 1. The van der Waals surface area contributed by atoms with Crippen LogP contribution in [0.1, 0.15) is 42.5 Å². The average Bonchev–Trinajstić information content (AvgIpc) is 2.98. The Bertz CT molecular complexity index is 544. The predicted octanol–water partition coefficient (Wildman–Crippen LogP) is 1.80. The fourth-order valence-electron chi connectivity index (χ4n) is 1.64. The summed E-state index contributed by atoms with van der Waals surface area (Å²) in [6.45, 7) is 4.75. The van der Waals surface area contributed by atoms with Crippen LogP contribution in [0, 0.1) is 0 Å². The first-order valence-corrected chi connectivity index (χ1v) is 5.89. The van der Waals surface area contributed by atoms with Gasteiger partial charge in [0.05, 0.1) is 18.6 Å². The topological polar surface area (TPSA) is 72.9 Å². The largest absolute Gasteiger partial charge is 0.476 e. The number of rotatable bonds is 5. The molecule has 0 aromatic carbocycles. The number of carboxylic acids is 1. The molecule has 0 aliphatic rings. The number of carbonyl (C=O) groups is 1. The molecule has 0 aliphatic heterocycles. The van der Waals surface area contributed by atoms with Crippen molar-refractivity contribution in [1.82, 2.24) is 19.3 Å². The quantitative estimate of drug-likeness (QED) is 0.875. The first kappa shape index (κ1) is 12.3. The monoisotopic (exact) mass is 248 g/mol. The van der Waals surface area contributed by atoms with Gasteiger partial charge >= 0.3 is 5.97 Å². The van der Waals surface area contributed by atoms with E-state index < -0.39 is 5.97 Å². The summed E-state index contributed by atoms with van der Waals surface area (Å²) in [6, 6.07) is 2.31. The van der Waals surface area contributed by atoms with Gasteiger partial charge in [-0.2, -0.15) is 5.10 Å². The lowest BCUT2D eigenvalue weighted by molar-refractivity contribution is 0.0691. The molecule has 1 atom stereocenters. The smallest absolute Gasteiger partial charge is 0.356 e. The van der Waals surface area contributed by atoms with Gasteiger partial charge in [0.2, 0.25) is 0 Å². The van der Waals surface area contributed by atoms with Crippen LogP contribution in [-0.2, 0) is 6.54 Å². The normalized spacial score (nSPS) is 12.6. The Labute approximate surface area is 105 Å². The highest BCUT2D eigenvalue weighted by Gasteiger charge is 2.08. The third-order valence-electron chi connectivity index (χ3n) is 2.90. The Balaban J connectivity index is 2.08. The van der Waals surface area contributed by atoms with Crippen molar-refractivity contribution in [3.8, 4) is 0 Å². The van der Waals surface area contributed by atoms with E-state index in [1.165, 1.54) is 12.5 Å². The Morgan fingerprint density at radius 2 is 2.33 bits per heavy atom.